The molecule has 21 heavy (non-hydrogen) atoms. The van der Waals surface area contributed by atoms with E-state index in [-0.39, 0.29) is 19.3 Å². The maximum atomic E-state index is 11.7. The number of amides is 1. The van der Waals surface area contributed by atoms with Crippen LogP contribution in [0.2, 0.25) is 0 Å². The van der Waals surface area contributed by atoms with E-state index < -0.39 is 29.9 Å². The van der Waals surface area contributed by atoms with Gasteiger partial charge >= 0.3 is 11.9 Å². The lowest BCUT2D eigenvalue weighted by Gasteiger charge is -2.15. The van der Waals surface area contributed by atoms with Crippen molar-refractivity contribution in [3.63, 3.8) is 0 Å². The maximum absolute atomic E-state index is 11.7. The average molecular weight is 294 g/mol. The van der Waals surface area contributed by atoms with Crippen LogP contribution in [-0.2, 0) is 20.8 Å². The topological polar surface area (TPSA) is 130 Å². The molecule has 0 heterocycles. The number of aliphatic carboxylic acids is 2. The number of carbonyl (C=O) groups is 3. The Bertz CT molecular complexity index is 503. The van der Waals surface area contributed by atoms with Gasteiger partial charge in [0.2, 0.25) is 5.91 Å². The van der Waals surface area contributed by atoms with Gasteiger partial charge in [-0.3, -0.25) is 9.59 Å². The molecule has 0 fully saturated rings. The van der Waals surface area contributed by atoms with Crippen LogP contribution in [0, 0.1) is 0 Å². The number of carboxylic acid groups (broad SMARTS) is 2. The second-order valence-corrected chi connectivity index (χ2v) is 4.63. The molecule has 114 valence electrons. The molecule has 1 aromatic carbocycles. The monoisotopic (exact) mass is 294 g/mol. The van der Waals surface area contributed by atoms with Crippen LogP contribution in [0.15, 0.2) is 30.3 Å². The summed E-state index contributed by atoms with van der Waals surface area (Å²) in [5.74, 6) is -2.87. The molecular weight excluding hydrogens is 276 g/mol. The highest BCUT2D eigenvalue weighted by Crippen LogP contribution is 2.04. The van der Waals surface area contributed by atoms with Gasteiger partial charge in [0.1, 0.15) is 12.1 Å². The molecule has 0 saturated carbocycles. The van der Waals surface area contributed by atoms with Crippen molar-refractivity contribution in [1.29, 1.82) is 0 Å². The summed E-state index contributed by atoms with van der Waals surface area (Å²) in [5.41, 5.74) is 6.07. The highest BCUT2D eigenvalue weighted by Gasteiger charge is 2.21. The number of hydrogen-bond donors (Lipinski definition) is 4. The number of nitrogens with two attached hydrogens (primary N) is 1. The highest BCUT2D eigenvalue weighted by atomic mass is 16.4. The van der Waals surface area contributed by atoms with Crippen molar-refractivity contribution in [2.24, 2.45) is 5.73 Å². The fourth-order valence-electron chi connectivity index (χ4n) is 1.73. The van der Waals surface area contributed by atoms with Gasteiger partial charge in [-0.15, -0.1) is 0 Å². The molecule has 7 nitrogen and oxygen atoms in total. The average Bonchev–Trinajstić information content (AvgIpc) is 2.44. The van der Waals surface area contributed by atoms with Crippen LogP contribution in [0.1, 0.15) is 18.4 Å². The van der Waals surface area contributed by atoms with Crippen molar-refractivity contribution < 1.29 is 24.6 Å². The zero-order valence-corrected chi connectivity index (χ0v) is 11.4. The first-order chi connectivity index (χ1) is 9.90. The molecule has 7 heteroatoms. The van der Waals surface area contributed by atoms with Gasteiger partial charge in [-0.05, 0) is 12.0 Å². The third-order valence-electron chi connectivity index (χ3n) is 2.92. The second-order valence-electron chi connectivity index (χ2n) is 4.63. The van der Waals surface area contributed by atoms with E-state index in [4.69, 9.17) is 15.9 Å². The predicted octanol–water partition coefficient (Wildman–Crippen LogP) is -0.00940. The van der Waals surface area contributed by atoms with Crippen molar-refractivity contribution in [2.45, 2.75) is 31.3 Å². The Morgan fingerprint density at radius 1 is 1.10 bits per heavy atom. The molecule has 0 aliphatic rings. The van der Waals surface area contributed by atoms with Crippen LogP contribution in [0.4, 0.5) is 0 Å². The Labute approximate surface area is 121 Å². The summed E-state index contributed by atoms with van der Waals surface area (Å²) >= 11 is 0. The predicted molar refractivity (Wildman–Crippen MR) is 74.6 cm³/mol. The third-order valence-corrected chi connectivity index (χ3v) is 2.92. The number of carbonyl (C=O) groups excluding carboxylic acids is 1. The second kappa shape index (κ2) is 8.01. The lowest BCUT2D eigenvalue weighted by atomic mass is 10.1. The summed E-state index contributed by atoms with van der Waals surface area (Å²) in [6.45, 7) is 0. The molecule has 0 aromatic heterocycles. The summed E-state index contributed by atoms with van der Waals surface area (Å²) in [6, 6.07) is 6.72. The quantitative estimate of drug-likeness (QED) is 0.533. The molecule has 1 amide bonds. The standard InChI is InChI=1S/C14H18N2O5/c15-10(13(18)19)6-7-12(17)16-11(14(20)21)8-9-4-2-1-3-5-9/h1-5,10-11H,6-8,15H2,(H,16,17)(H,18,19)(H,20,21). The SMILES string of the molecule is NC(CCC(=O)NC(Cc1ccccc1)C(=O)O)C(=O)O. The minimum atomic E-state index is -1.19. The summed E-state index contributed by atoms with van der Waals surface area (Å²) in [6.07, 6.45) is -0.0161. The van der Waals surface area contributed by atoms with E-state index in [2.05, 4.69) is 5.32 Å². The van der Waals surface area contributed by atoms with Gasteiger partial charge in [0, 0.05) is 12.8 Å². The van der Waals surface area contributed by atoms with Crippen molar-refractivity contribution >= 4 is 17.8 Å². The maximum Gasteiger partial charge on any atom is 0.326 e. The van der Waals surface area contributed by atoms with Crippen LogP contribution in [-0.4, -0.2) is 40.1 Å². The molecule has 0 radical (unpaired) electrons. The molecule has 1 aromatic rings. The first-order valence-electron chi connectivity index (χ1n) is 6.44. The zero-order valence-electron chi connectivity index (χ0n) is 11.4. The van der Waals surface area contributed by atoms with Gasteiger partial charge in [0.05, 0.1) is 0 Å². The van der Waals surface area contributed by atoms with E-state index in [1.165, 1.54) is 0 Å². The van der Waals surface area contributed by atoms with E-state index in [1.807, 2.05) is 6.07 Å². The van der Waals surface area contributed by atoms with Crippen LogP contribution < -0.4 is 11.1 Å². The van der Waals surface area contributed by atoms with Gasteiger partial charge in [-0.2, -0.15) is 0 Å². The van der Waals surface area contributed by atoms with E-state index in [9.17, 15) is 14.4 Å². The van der Waals surface area contributed by atoms with Crippen molar-refractivity contribution in [1.82, 2.24) is 5.32 Å². The summed E-state index contributed by atoms with van der Waals surface area (Å²) in [4.78, 5) is 33.3. The van der Waals surface area contributed by atoms with Crippen molar-refractivity contribution in [3.8, 4) is 0 Å². The van der Waals surface area contributed by atoms with Crippen LogP contribution in [0.25, 0.3) is 0 Å². The molecule has 5 N–H and O–H groups in total. The Kier molecular flexibility index (Phi) is 6.35. The zero-order chi connectivity index (χ0) is 15.8. The number of rotatable bonds is 8. The van der Waals surface area contributed by atoms with Crippen molar-refractivity contribution in [3.05, 3.63) is 35.9 Å². The Balaban J connectivity index is 2.53. The van der Waals surface area contributed by atoms with Crippen molar-refractivity contribution in [2.75, 3.05) is 0 Å². The molecule has 2 unspecified atom stereocenters. The summed E-state index contributed by atoms with van der Waals surface area (Å²) in [7, 11) is 0. The summed E-state index contributed by atoms with van der Waals surface area (Å²) in [5, 5.41) is 20.1. The normalized spacial score (nSPS) is 13.2. The molecule has 0 spiro atoms. The minimum Gasteiger partial charge on any atom is -0.480 e. The lowest BCUT2D eigenvalue weighted by molar-refractivity contribution is -0.142. The molecule has 0 saturated heterocycles. The summed E-state index contributed by atoms with van der Waals surface area (Å²) < 4.78 is 0. The van der Waals surface area contributed by atoms with E-state index in [1.54, 1.807) is 24.3 Å². The fraction of sp³-hybridized carbons (Fsp3) is 0.357. The van der Waals surface area contributed by atoms with Crippen LogP contribution in [0.3, 0.4) is 0 Å². The van der Waals surface area contributed by atoms with Gasteiger partial charge in [-0.1, -0.05) is 30.3 Å². The number of carboxylic acids is 2. The Morgan fingerprint density at radius 3 is 2.24 bits per heavy atom. The highest BCUT2D eigenvalue weighted by molar-refractivity contribution is 5.84. The van der Waals surface area contributed by atoms with Crippen LogP contribution in [0.5, 0.6) is 0 Å². The first kappa shape index (κ1) is 16.6. The first-order valence-corrected chi connectivity index (χ1v) is 6.44. The van der Waals surface area contributed by atoms with E-state index in [0.29, 0.717) is 0 Å². The van der Waals surface area contributed by atoms with Gasteiger partial charge in [0.15, 0.2) is 0 Å². The lowest BCUT2D eigenvalue weighted by Crippen LogP contribution is -2.43. The largest absolute Gasteiger partial charge is 0.480 e. The van der Waals surface area contributed by atoms with Crippen LogP contribution >= 0.6 is 0 Å². The molecule has 2 atom stereocenters. The smallest absolute Gasteiger partial charge is 0.326 e. The molecule has 1 rings (SSSR count). The van der Waals surface area contributed by atoms with Gasteiger partial charge in [-0.25, -0.2) is 4.79 Å². The van der Waals surface area contributed by atoms with Gasteiger partial charge < -0.3 is 21.3 Å². The molecule has 0 bridgehead atoms. The van der Waals surface area contributed by atoms with E-state index >= 15 is 0 Å². The molecule has 0 aliphatic heterocycles. The minimum absolute atomic E-state index is 0.0428. The number of benzene rings is 1. The number of nitrogens with one attached hydrogen (secondary N) is 1. The number of hydrogen-bond acceptors (Lipinski definition) is 4. The Hall–Kier alpha value is -2.41. The van der Waals surface area contributed by atoms with E-state index in [0.717, 1.165) is 5.56 Å². The Morgan fingerprint density at radius 2 is 1.71 bits per heavy atom. The van der Waals surface area contributed by atoms with Gasteiger partial charge in [0.25, 0.3) is 0 Å². The third kappa shape index (κ3) is 6.05. The fourth-order valence-corrected chi connectivity index (χ4v) is 1.73. The molecule has 0 aliphatic carbocycles. The molecular formula is C14H18N2O5.